The minimum Gasteiger partial charge on any atom is -0.372 e. The smallest absolute Gasteiger partial charge is 0.160 e. The molecule has 0 spiro atoms. The van der Waals surface area contributed by atoms with Crippen molar-refractivity contribution < 1.29 is 9.53 Å². The van der Waals surface area contributed by atoms with Crippen LogP contribution in [0.25, 0.3) is 0 Å². The molecule has 0 saturated carbocycles. The number of likely N-dealkylation sites (N-methyl/N-ethyl adjacent to an activating group) is 1. The van der Waals surface area contributed by atoms with E-state index in [9.17, 15) is 4.79 Å². The topological polar surface area (TPSA) is 38.3 Å². The molecule has 1 N–H and O–H groups in total. The fraction of sp³-hybridized carbons (Fsp3) is 0.909. The van der Waals surface area contributed by atoms with Gasteiger partial charge < -0.3 is 10.1 Å². The van der Waals surface area contributed by atoms with Crippen LogP contribution in [0, 0.1) is 5.92 Å². The summed E-state index contributed by atoms with van der Waals surface area (Å²) in [5.74, 6) is 0.260. The Hall–Kier alpha value is -0.410. The third kappa shape index (κ3) is 11.6. The second-order valence-electron chi connectivity index (χ2n) is 3.03. The first-order valence-corrected chi connectivity index (χ1v) is 5.49. The molecule has 14 heavy (non-hydrogen) atoms. The molecule has 3 heteroatoms. The molecular formula is C11H25NO2. The first-order chi connectivity index (χ1) is 6.68. The van der Waals surface area contributed by atoms with Gasteiger partial charge in [0.1, 0.15) is 6.61 Å². The van der Waals surface area contributed by atoms with Crippen molar-refractivity contribution in [1.82, 2.24) is 5.32 Å². The molecule has 0 radical (unpaired) electrons. The molecule has 0 aliphatic carbocycles. The zero-order valence-corrected chi connectivity index (χ0v) is 10.2. The highest BCUT2D eigenvalue weighted by molar-refractivity contribution is 5.81. The van der Waals surface area contributed by atoms with Crippen LogP contribution in [0.5, 0.6) is 0 Å². The highest BCUT2D eigenvalue weighted by atomic mass is 16.5. The highest BCUT2D eigenvalue weighted by Crippen LogP contribution is 1.93. The van der Waals surface area contributed by atoms with E-state index >= 15 is 0 Å². The Kier molecular flexibility index (Phi) is 14.4. The summed E-state index contributed by atoms with van der Waals surface area (Å²) < 4.78 is 5.15. The molecular weight excluding hydrogens is 178 g/mol. The highest BCUT2D eigenvalue weighted by Gasteiger charge is 2.05. The summed E-state index contributed by atoms with van der Waals surface area (Å²) in [6.45, 7) is 12.4. The van der Waals surface area contributed by atoms with Crippen LogP contribution < -0.4 is 5.32 Å². The van der Waals surface area contributed by atoms with Crippen LogP contribution in [0.4, 0.5) is 0 Å². The number of hydrogen-bond acceptors (Lipinski definition) is 3. The molecule has 0 aliphatic rings. The van der Waals surface area contributed by atoms with Crippen molar-refractivity contribution in [3.05, 3.63) is 0 Å². The first kappa shape index (κ1) is 16.0. The summed E-state index contributed by atoms with van der Waals surface area (Å²) in [6, 6.07) is 0. The Morgan fingerprint density at radius 2 is 1.93 bits per heavy atom. The van der Waals surface area contributed by atoms with Crippen LogP contribution in [0.15, 0.2) is 0 Å². The van der Waals surface area contributed by atoms with Crippen LogP contribution in [-0.2, 0) is 9.53 Å². The maximum atomic E-state index is 11.0. The van der Waals surface area contributed by atoms with E-state index in [0.29, 0.717) is 6.61 Å². The van der Waals surface area contributed by atoms with Gasteiger partial charge in [0, 0.05) is 12.5 Å². The molecule has 0 heterocycles. The van der Waals surface area contributed by atoms with Gasteiger partial charge in [0.05, 0.1) is 6.61 Å². The van der Waals surface area contributed by atoms with Gasteiger partial charge in [0.15, 0.2) is 5.78 Å². The number of carbonyl (C=O) groups excluding carboxylic acids is 1. The average Bonchev–Trinajstić information content (AvgIpc) is 2.20. The molecule has 0 saturated heterocycles. The van der Waals surface area contributed by atoms with Crippen LogP contribution in [0.1, 0.15) is 34.6 Å². The number of hydrogen-bond donors (Lipinski definition) is 1. The van der Waals surface area contributed by atoms with E-state index in [0.717, 1.165) is 13.1 Å². The minimum atomic E-state index is 0.0872. The van der Waals surface area contributed by atoms with Gasteiger partial charge in [-0.15, -0.1) is 0 Å². The second kappa shape index (κ2) is 12.6. The molecule has 0 bridgehead atoms. The molecule has 0 amide bonds. The third-order valence-electron chi connectivity index (χ3n) is 1.56. The molecule has 0 aromatic heterocycles. The summed E-state index contributed by atoms with van der Waals surface area (Å²) in [5.41, 5.74) is 0. The minimum absolute atomic E-state index is 0.0872. The quantitative estimate of drug-likeness (QED) is 0.642. The van der Waals surface area contributed by atoms with Crippen molar-refractivity contribution in [2.45, 2.75) is 34.6 Å². The summed E-state index contributed by atoms with van der Waals surface area (Å²) in [6.07, 6.45) is 0. The standard InChI is InChI=1S/C9H19NO2.C2H6/c1-4-10-5-6-12-7-9(11)8(2)3;1-2/h8,10H,4-7H2,1-3H3;1-2H3. The molecule has 0 atom stereocenters. The van der Waals surface area contributed by atoms with Crippen molar-refractivity contribution in [2.75, 3.05) is 26.3 Å². The summed E-state index contributed by atoms with van der Waals surface area (Å²) in [7, 11) is 0. The van der Waals surface area contributed by atoms with Crippen LogP contribution in [0.2, 0.25) is 0 Å². The van der Waals surface area contributed by atoms with Crippen molar-refractivity contribution in [1.29, 1.82) is 0 Å². The van der Waals surface area contributed by atoms with Gasteiger partial charge >= 0.3 is 0 Å². The lowest BCUT2D eigenvalue weighted by atomic mass is 10.1. The molecule has 0 aliphatic heterocycles. The maximum Gasteiger partial charge on any atom is 0.160 e. The molecule has 0 unspecified atom stereocenters. The first-order valence-electron chi connectivity index (χ1n) is 5.49. The molecule has 0 aromatic rings. The molecule has 3 nitrogen and oxygen atoms in total. The van der Waals surface area contributed by atoms with E-state index in [1.54, 1.807) is 0 Å². The SMILES string of the molecule is CC.CCNCCOCC(=O)C(C)C. The molecule has 0 rings (SSSR count). The second-order valence-corrected chi connectivity index (χ2v) is 3.03. The van der Waals surface area contributed by atoms with Crippen molar-refractivity contribution >= 4 is 5.78 Å². The zero-order valence-electron chi connectivity index (χ0n) is 10.2. The fourth-order valence-electron chi connectivity index (χ4n) is 0.661. The van der Waals surface area contributed by atoms with Gasteiger partial charge in [-0.05, 0) is 6.54 Å². The van der Waals surface area contributed by atoms with E-state index in [-0.39, 0.29) is 18.3 Å². The van der Waals surface area contributed by atoms with Crippen molar-refractivity contribution in [2.24, 2.45) is 5.92 Å². The van der Waals surface area contributed by atoms with E-state index < -0.39 is 0 Å². The Bertz CT molecular complexity index is 124. The van der Waals surface area contributed by atoms with Crippen LogP contribution in [0.3, 0.4) is 0 Å². The summed E-state index contributed by atoms with van der Waals surface area (Å²) in [4.78, 5) is 11.0. The largest absolute Gasteiger partial charge is 0.372 e. The normalized spacial score (nSPS) is 9.57. The number of ether oxygens (including phenoxy) is 1. The van der Waals surface area contributed by atoms with Crippen molar-refractivity contribution in [3.63, 3.8) is 0 Å². The van der Waals surface area contributed by atoms with Gasteiger partial charge in [0.2, 0.25) is 0 Å². The van der Waals surface area contributed by atoms with E-state index in [1.807, 2.05) is 34.6 Å². The Morgan fingerprint density at radius 1 is 1.36 bits per heavy atom. The zero-order chi connectivity index (χ0) is 11.4. The van der Waals surface area contributed by atoms with E-state index in [1.165, 1.54) is 0 Å². The Labute approximate surface area is 88.2 Å². The van der Waals surface area contributed by atoms with Crippen LogP contribution >= 0.6 is 0 Å². The number of carbonyl (C=O) groups is 1. The molecule has 0 fully saturated rings. The Balaban J connectivity index is 0. The summed E-state index contributed by atoms with van der Waals surface area (Å²) >= 11 is 0. The number of rotatable bonds is 7. The predicted molar refractivity (Wildman–Crippen MR) is 60.6 cm³/mol. The number of nitrogens with one attached hydrogen (secondary N) is 1. The lowest BCUT2D eigenvalue weighted by Crippen LogP contribution is -2.22. The van der Waals surface area contributed by atoms with Gasteiger partial charge in [0.25, 0.3) is 0 Å². The van der Waals surface area contributed by atoms with E-state index in [4.69, 9.17) is 4.74 Å². The van der Waals surface area contributed by atoms with Gasteiger partial charge in [-0.3, -0.25) is 4.79 Å². The lowest BCUT2D eigenvalue weighted by Gasteiger charge is -2.05. The summed E-state index contributed by atoms with van der Waals surface area (Å²) in [5, 5.41) is 3.11. The van der Waals surface area contributed by atoms with Gasteiger partial charge in [-0.1, -0.05) is 34.6 Å². The lowest BCUT2D eigenvalue weighted by molar-refractivity contribution is -0.126. The number of ketones is 1. The fourth-order valence-corrected chi connectivity index (χ4v) is 0.661. The molecule has 0 aromatic carbocycles. The van der Waals surface area contributed by atoms with E-state index in [2.05, 4.69) is 5.32 Å². The van der Waals surface area contributed by atoms with Gasteiger partial charge in [-0.25, -0.2) is 0 Å². The maximum absolute atomic E-state index is 11.0. The van der Waals surface area contributed by atoms with Crippen molar-refractivity contribution in [3.8, 4) is 0 Å². The van der Waals surface area contributed by atoms with Gasteiger partial charge in [-0.2, -0.15) is 0 Å². The molecule has 86 valence electrons. The third-order valence-corrected chi connectivity index (χ3v) is 1.56. The Morgan fingerprint density at radius 3 is 2.36 bits per heavy atom. The average molecular weight is 203 g/mol. The number of Topliss-reactive ketones (excluding diaryl/α,β-unsaturated/α-hetero) is 1. The van der Waals surface area contributed by atoms with Crippen LogP contribution in [-0.4, -0.2) is 32.1 Å². The monoisotopic (exact) mass is 203 g/mol. The predicted octanol–water partition coefficient (Wildman–Crippen LogP) is 1.86.